The van der Waals surface area contributed by atoms with Crippen molar-refractivity contribution in [3.63, 3.8) is 0 Å². The molecule has 1 heterocycles. The standard InChI is InChI=1S/C11H8Cl2FN3O2S/c12-6-1-2-16-10(3-6)17-20(18,19)9-5-7(15)4-8(13)11(9)14/h1-5H,15H2,(H,16,17). The van der Waals surface area contributed by atoms with Gasteiger partial charge < -0.3 is 5.73 Å². The fourth-order valence-corrected chi connectivity index (χ4v) is 3.01. The van der Waals surface area contributed by atoms with Gasteiger partial charge in [-0.15, -0.1) is 0 Å². The van der Waals surface area contributed by atoms with Crippen molar-refractivity contribution < 1.29 is 12.8 Å². The molecule has 0 fully saturated rings. The first-order valence-corrected chi connectivity index (χ1v) is 7.42. The van der Waals surface area contributed by atoms with E-state index in [9.17, 15) is 12.8 Å². The zero-order valence-corrected chi connectivity index (χ0v) is 12.1. The Kier molecular flexibility index (Phi) is 4.03. The summed E-state index contributed by atoms with van der Waals surface area (Å²) >= 11 is 11.3. The van der Waals surface area contributed by atoms with E-state index >= 15 is 0 Å². The summed E-state index contributed by atoms with van der Waals surface area (Å²) in [6, 6.07) is 4.84. The highest BCUT2D eigenvalue weighted by Crippen LogP contribution is 2.27. The maximum absolute atomic E-state index is 13.8. The Bertz CT molecular complexity index is 768. The van der Waals surface area contributed by atoms with E-state index in [1.54, 1.807) is 0 Å². The van der Waals surface area contributed by atoms with Gasteiger partial charge >= 0.3 is 0 Å². The van der Waals surface area contributed by atoms with Crippen LogP contribution in [0.1, 0.15) is 0 Å². The van der Waals surface area contributed by atoms with Crippen LogP contribution >= 0.6 is 23.2 Å². The maximum Gasteiger partial charge on any atom is 0.266 e. The molecular formula is C11H8Cl2FN3O2S. The number of nitrogens with two attached hydrogens (primary N) is 1. The Morgan fingerprint density at radius 2 is 1.95 bits per heavy atom. The average molecular weight is 336 g/mol. The number of hydrogen-bond donors (Lipinski definition) is 2. The molecule has 5 nitrogen and oxygen atoms in total. The molecule has 0 aliphatic heterocycles. The zero-order valence-electron chi connectivity index (χ0n) is 9.77. The lowest BCUT2D eigenvalue weighted by Crippen LogP contribution is -2.16. The van der Waals surface area contributed by atoms with Crippen LogP contribution in [0.5, 0.6) is 0 Å². The van der Waals surface area contributed by atoms with Crippen molar-refractivity contribution in [3.8, 4) is 0 Å². The SMILES string of the molecule is Nc1cc(Cl)c(F)c(S(=O)(=O)Nc2cc(Cl)ccn2)c1. The minimum absolute atomic E-state index is 0.0239. The van der Waals surface area contributed by atoms with E-state index in [1.807, 2.05) is 0 Å². The highest BCUT2D eigenvalue weighted by molar-refractivity contribution is 7.92. The van der Waals surface area contributed by atoms with Crippen molar-refractivity contribution in [2.75, 3.05) is 10.5 Å². The molecule has 1 aromatic heterocycles. The molecule has 0 saturated heterocycles. The largest absolute Gasteiger partial charge is 0.399 e. The number of nitrogens with zero attached hydrogens (tertiary/aromatic N) is 1. The molecule has 0 bridgehead atoms. The van der Waals surface area contributed by atoms with E-state index in [4.69, 9.17) is 28.9 Å². The molecule has 0 amide bonds. The van der Waals surface area contributed by atoms with Gasteiger partial charge in [0.1, 0.15) is 10.7 Å². The van der Waals surface area contributed by atoms with Crippen molar-refractivity contribution >= 4 is 44.7 Å². The fraction of sp³-hybridized carbons (Fsp3) is 0. The Morgan fingerprint density at radius 1 is 1.25 bits per heavy atom. The van der Waals surface area contributed by atoms with E-state index < -0.39 is 20.7 Å². The Balaban J connectivity index is 2.46. The third-order valence-electron chi connectivity index (χ3n) is 2.27. The first kappa shape index (κ1) is 14.8. The number of sulfonamides is 1. The Hall–Kier alpha value is -1.57. The summed E-state index contributed by atoms with van der Waals surface area (Å²) in [5.41, 5.74) is 5.49. The predicted molar refractivity (Wildman–Crippen MR) is 75.9 cm³/mol. The smallest absolute Gasteiger partial charge is 0.266 e. The van der Waals surface area contributed by atoms with Gasteiger partial charge in [0.15, 0.2) is 5.82 Å². The fourth-order valence-electron chi connectivity index (χ4n) is 1.43. The van der Waals surface area contributed by atoms with Gasteiger partial charge in [-0.05, 0) is 18.2 Å². The molecular weight excluding hydrogens is 328 g/mol. The molecule has 106 valence electrons. The van der Waals surface area contributed by atoms with Crippen LogP contribution in [-0.2, 0) is 10.0 Å². The number of halogens is 3. The summed E-state index contributed by atoms with van der Waals surface area (Å²) in [6.07, 6.45) is 1.31. The van der Waals surface area contributed by atoms with E-state index in [0.29, 0.717) is 0 Å². The van der Waals surface area contributed by atoms with E-state index in [2.05, 4.69) is 9.71 Å². The van der Waals surface area contributed by atoms with Gasteiger partial charge in [0, 0.05) is 23.0 Å². The molecule has 0 radical (unpaired) electrons. The van der Waals surface area contributed by atoms with Crippen LogP contribution in [0.25, 0.3) is 0 Å². The Labute approximate surface area is 124 Å². The minimum Gasteiger partial charge on any atom is -0.399 e. The molecule has 0 saturated carbocycles. The molecule has 9 heteroatoms. The van der Waals surface area contributed by atoms with Gasteiger partial charge in [-0.25, -0.2) is 17.8 Å². The van der Waals surface area contributed by atoms with Crippen LogP contribution in [-0.4, -0.2) is 13.4 Å². The third kappa shape index (κ3) is 3.12. The first-order chi connectivity index (χ1) is 9.29. The van der Waals surface area contributed by atoms with Crippen LogP contribution in [0.2, 0.25) is 10.0 Å². The number of nitrogens with one attached hydrogen (secondary N) is 1. The summed E-state index contributed by atoms with van der Waals surface area (Å²) in [4.78, 5) is 3.10. The molecule has 0 aliphatic carbocycles. The van der Waals surface area contributed by atoms with Crippen LogP contribution in [0.4, 0.5) is 15.9 Å². The maximum atomic E-state index is 13.8. The molecule has 20 heavy (non-hydrogen) atoms. The number of aromatic nitrogens is 1. The number of pyridine rings is 1. The summed E-state index contributed by atoms with van der Waals surface area (Å²) in [6.45, 7) is 0. The molecule has 1 aromatic carbocycles. The molecule has 0 spiro atoms. The van der Waals surface area contributed by atoms with Crippen LogP contribution in [0, 0.1) is 5.82 Å². The monoisotopic (exact) mass is 335 g/mol. The highest BCUT2D eigenvalue weighted by atomic mass is 35.5. The molecule has 0 atom stereocenters. The van der Waals surface area contributed by atoms with Crippen molar-refractivity contribution in [1.29, 1.82) is 0 Å². The van der Waals surface area contributed by atoms with Gasteiger partial charge in [0.05, 0.1) is 5.02 Å². The average Bonchev–Trinajstić information content (AvgIpc) is 2.33. The zero-order chi connectivity index (χ0) is 14.9. The normalized spacial score (nSPS) is 11.3. The molecule has 2 rings (SSSR count). The van der Waals surface area contributed by atoms with E-state index in [0.717, 1.165) is 12.1 Å². The number of rotatable bonds is 3. The van der Waals surface area contributed by atoms with Gasteiger partial charge in [0.2, 0.25) is 0 Å². The van der Waals surface area contributed by atoms with Crippen molar-refractivity contribution in [2.45, 2.75) is 4.90 Å². The third-order valence-corrected chi connectivity index (χ3v) is 4.13. The first-order valence-electron chi connectivity index (χ1n) is 5.18. The lowest BCUT2D eigenvalue weighted by molar-refractivity contribution is 0.570. The van der Waals surface area contributed by atoms with Crippen molar-refractivity contribution in [1.82, 2.24) is 4.98 Å². The second-order valence-electron chi connectivity index (χ2n) is 3.78. The van der Waals surface area contributed by atoms with Crippen LogP contribution < -0.4 is 10.5 Å². The Morgan fingerprint density at radius 3 is 2.60 bits per heavy atom. The van der Waals surface area contributed by atoms with Gasteiger partial charge in [-0.2, -0.15) is 0 Å². The highest BCUT2D eigenvalue weighted by Gasteiger charge is 2.22. The predicted octanol–water partition coefficient (Wildman–Crippen LogP) is 2.91. The van der Waals surface area contributed by atoms with Crippen molar-refractivity contribution in [2.24, 2.45) is 0 Å². The van der Waals surface area contributed by atoms with E-state index in [-0.39, 0.29) is 21.6 Å². The van der Waals surface area contributed by atoms with Gasteiger partial charge in [-0.3, -0.25) is 4.72 Å². The molecule has 0 aliphatic rings. The van der Waals surface area contributed by atoms with Crippen molar-refractivity contribution in [3.05, 3.63) is 46.3 Å². The second kappa shape index (κ2) is 5.43. The summed E-state index contributed by atoms with van der Waals surface area (Å²) in [7, 11) is -4.22. The lowest BCUT2D eigenvalue weighted by Gasteiger charge is -2.10. The van der Waals surface area contributed by atoms with E-state index in [1.165, 1.54) is 18.3 Å². The summed E-state index contributed by atoms with van der Waals surface area (Å²) in [5.74, 6) is -1.13. The van der Waals surface area contributed by atoms with Gasteiger partial charge in [0.25, 0.3) is 10.0 Å². The topological polar surface area (TPSA) is 85.1 Å². The number of benzene rings is 1. The van der Waals surface area contributed by atoms with Crippen LogP contribution in [0.15, 0.2) is 35.4 Å². The minimum atomic E-state index is -4.22. The summed E-state index contributed by atoms with van der Waals surface area (Å²) < 4.78 is 40.1. The number of nitrogen functional groups attached to an aromatic ring is 1. The molecule has 3 N–H and O–H groups in total. The quantitative estimate of drug-likeness (QED) is 0.844. The molecule has 0 unspecified atom stereocenters. The lowest BCUT2D eigenvalue weighted by atomic mass is 10.3. The summed E-state index contributed by atoms with van der Waals surface area (Å²) in [5, 5.41) is -0.104. The van der Waals surface area contributed by atoms with Crippen LogP contribution in [0.3, 0.4) is 0 Å². The number of anilines is 2. The van der Waals surface area contributed by atoms with Gasteiger partial charge in [-0.1, -0.05) is 23.2 Å². The second-order valence-corrected chi connectivity index (χ2v) is 6.27. The number of hydrogen-bond acceptors (Lipinski definition) is 4. The molecule has 2 aromatic rings.